The van der Waals surface area contributed by atoms with Crippen LogP contribution in [0.2, 0.25) is 5.02 Å². The van der Waals surface area contributed by atoms with Gasteiger partial charge in [0.05, 0.1) is 17.8 Å². The normalized spacial score (nSPS) is 11.5. The number of rotatable bonds is 7. The van der Waals surface area contributed by atoms with Crippen molar-refractivity contribution in [3.63, 3.8) is 0 Å². The third kappa shape index (κ3) is 5.67. The van der Waals surface area contributed by atoms with Gasteiger partial charge < -0.3 is 16.0 Å². The second-order valence-electron chi connectivity index (χ2n) is 6.54. The van der Waals surface area contributed by atoms with Crippen LogP contribution in [0.5, 0.6) is 0 Å². The third-order valence-corrected chi connectivity index (χ3v) is 4.76. The predicted molar refractivity (Wildman–Crippen MR) is 117 cm³/mol. The highest BCUT2D eigenvalue weighted by Gasteiger charge is 2.15. The van der Waals surface area contributed by atoms with Crippen LogP contribution in [0, 0.1) is 0 Å². The lowest BCUT2D eigenvalue weighted by atomic mass is 10.1. The summed E-state index contributed by atoms with van der Waals surface area (Å²) in [7, 11) is 0. The number of amides is 2. The molecule has 0 radical (unpaired) electrons. The fourth-order valence-corrected chi connectivity index (χ4v) is 3.19. The van der Waals surface area contributed by atoms with Crippen LogP contribution in [0.15, 0.2) is 78.9 Å². The Morgan fingerprint density at radius 3 is 2.28 bits per heavy atom. The monoisotopic (exact) mass is 407 g/mol. The molecule has 0 heterocycles. The van der Waals surface area contributed by atoms with Crippen LogP contribution >= 0.6 is 11.6 Å². The molecule has 0 spiro atoms. The van der Waals surface area contributed by atoms with Gasteiger partial charge in [0.25, 0.3) is 5.91 Å². The van der Waals surface area contributed by atoms with E-state index in [1.165, 1.54) is 0 Å². The molecule has 0 aliphatic rings. The molecule has 2 amide bonds. The zero-order valence-electron chi connectivity index (χ0n) is 16.0. The molecule has 3 rings (SSSR count). The zero-order chi connectivity index (χ0) is 20.6. The van der Waals surface area contributed by atoms with Gasteiger partial charge in [-0.25, -0.2) is 0 Å². The van der Waals surface area contributed by atoms with Crippen LogP contribution in [0.25, 0.3) is 0 Å². The van der Waals surface area contributed by atoms with E-state index in [0.29, 0.717) is 22.0 Å². The summed E-state index contributed by atoms with van der Waals surface area (Å²) >= 11 is 6.20. The molecule has 0 fully saturated rings. The molecule has 3 aromatic rings. The summed E-state index contributed by atoms with van der Waals surface area (Å²) in [5.74, 6) is -0.534. The lowest BCUT2D eigenvalue weighted by Gasteiger charge is -2.16. The van der Waals surface area contributed by atoms with E-state index in [1.54, 1.807) is 36.4 Å². The smallest absolute Gasteiger partial charge is 0.257 e. The van der Waals surface area contributed by atoms with Crippen molar-refractivity contribution in [3.8, 4) is 0 Å². The minimum atomic E-state index is -0.288. The van der Waals surface area contributed by atoms with E-state index in [9.17, 15) is 9.59 Å². The van der Waals surface area contributed by atoms with E-state index in [2.05, 4.69) is 16.0 Å². The molecule has 0 saturated carbocycles. The summed E-state index contributed by atoms with van der Waals surface area (Å²) in [6.07, 6.45) is 0. The van der Waals surface area contributed by atoms with Gasteiger partial charge in [0, 0.05) is 16.8 Å². The summed E-state index contributed by atoms with van der Waals surface area (Å²) in [6, 6.07) is 23.5. The van der Waals surface area contributed by atoms with Crippen molar-refractivity contribution in [3.05, 3.63) is 95.0 Å². The van der Waals surface area contributed by atoms with Gasteiger partial charge >= 0.3 is 0 Å². The highest BCUT2D eigenvalue weighted by Crippen LogP contribution is 2.22. The standard InChI is InChI=1S/C23H22ClN3O2/c1-16(18-11-5-7-13-20(18)24)25-15-22(28)27-21-14-8-6-12-19(21)23(29)26-17-9-3-2-4-10-17/h2-14,16,25H,15H2,1H3,(H,26,29)(H,27,28)/t16-/m1/s1. The summed E-state index contributed by atoms with van der Waals surface area (Å²) in [5, 5.41) is 9.43. The van der Waals surface area contributed by atoms with Crippen LogP contribution in [0.1, 0.15) is 28.9 Å². The Labute approximate surface area is 175 Å². The molecule has 5 nitrogen and oxygen atoms in total. The van der Waals surface area contributed by atoms with E-state index in [0.717, 1.165) is 5.56 Å². The first kappa shape index (κ1) is 20.6. The van der Waals surface area contributed by atoms with Gasteiger partial charge in [0.15, 0.2) is 0 Å². The van der Waals surface area contributed by atoms with Gasteiger partial charge in [-0.2, -0.15) is 0 Å². The maximum absolute atomic E-state index is 12.6. The van der Waals surface area contributed by atoms with Gasteiger partial charge in [0.1, 0.15) is 0 Å². The topological polar surface area (TPSA) is 70.2 Å². The van der Waals surface area contributed by atoms with Crippen LogP contribution in [-0.2, 0) is 4.79 Å². The molecule has 6 heteroatoms. The maximum atomic E-state index is 12.6. The molecule has 1 atom stereocenters. The van der Waals surface area contributed by atoms with Crippen molar-refractivity contribution in [2.24, 2.45) is 0 Å². The molecule has 0 aliphatic carbocycles. The van der Waals surface area contributed by atoms with Gasteiger partial charge in [-0.3, -0.25) is 9.59 Å². The summed E-state index contributed by atoms with van der Waals surface area (Å²) in [5.41, 5.74) is 2.46. The third-order valence-electron chi connectivity index (χ3n) is 4.42. The number of hydrogen-bond donors (Lipinski definition) is 3. The molecule has 0 aliphatic heterocycles. The van der Waals surface area contributed by atoms with Crippen molar-refractivity contribution in [1.82, 2.24) is 5.32 Å². The molecular weight excluding hydrogens is 386 g/mol. The molecule has 3 N–H and O–H groups in total. The number of nitrogens with one attached hydrogen (secondary N) is 3. The first-order chi connectivity index (χ1) is 14.0. The molecule has 0 unspecified atom stereocenters. The molecule has 0 saturated heterocycles. The lowest BCUT2D eigenvalue weighted by molar-refractivity contribution is -0.115. The van der Waals surface area contributed by atoms with E-state index >= 15 is 0 Å². The van der Waals surface area contributed by atoms with E-state index < -0.39 is 0 Å². The Morgan fingerprint density at radius 2 is 1.52 bits per heavy atom. The Morgan fingerprint density at radius 1 is 0.862 bits per heavy atom. The maximum Gasteiger partial charge on any atom is 0.257 e. The SMILES string of the molecule is C[C@@H](NCC(=O)Nc1ccccc1C(=O)Nc1ccccc1)c1ccccc1Cl. The number of para-hydroxylation sites is 2. The van der Waals surface area contributed by atoms with E-state index in [4.69, 9.17) is 11.6 Å². The fraction of sp³-hybridized carbons (Fsp3) is 0.130. The van der Waals surface area contributed by atoms with Crippen molar-refractivity contribution in [1.29, 1.82) is 0 Å². The van der Waals surface area contributed by atoms with Crippen LogP contribution in [0.4, 0.5) is 11.4 Å². The first-order valence-electron chi connectivity index (χ1n) is 9.27. The summed E-state index contributed by atoms with van der Waals surface area (Å²) in [4.78, 5) is 25.0. The minimum Gasteiger partial charge on any atom is -0.324 e. The minimum absolute atomic E-state index is 0.0844. The Bertz CT molecular complexity index is 992. The number of benzene rings is 3. The quantitative estimate of drug-likeness (QED) is 0.522. The van der Waals surface area contributed by atoms with Crippen molar-refractivity contribution in [2.45, 2.75) is 13.0 Å². The van der Waals surface area contributed by atoms with Gasteiger partial charge in [0.2, 0.25) is 5.91 Å². The number of anilines is 2. The van der Waals surface area contributed by atoms with Crippen LogP contribution in [-0.4, -0.2) is 18.4 Å². The van der Waals surface area contributed by atoms with Gasteiger partial charge in [-0.05, 0) is 42.8 Å². The average Bonchev–Trinajstić information content (AvgIpc) is 2.73. The highest BCUT2D eigenvalue weighted by atomic mass is 35.5. The fourth-order valence-electron chi connectivity index (χ4n) is 2.89. The molecule has 0 bridgehead atoms. The van der Waals surface area contributed by atoms with Gasteiger partial charge in [-0.1, -0.05) is 60.1 Å². The first-order valence-corrected chi connectivity index (χ1v) is 9.65. The van der Waals surface area contributed by atoms with Crippen molar-refractivity contribution in [2.75, 3.05) is 17.2 Å². The number of carbonyl (C=O) groups excluding carboxylic acids is 2. The zero-order valence-corrected chi connectivity index (χ0v) is 16.7. The second-order valence-corrected chi connectivity index (χ2v) is 6.95. The van der Waals surface area contributed by atoms with Crippen LogP contribution < -0.4 is 16.0 Å². The number of halogens is 1. The Hall–Kier alpha value is -3.15. The largest absolute Gasteiger partial charge is 0.324 e. The molecule has 0 aromatic heterocycles. The average molecular weight is 408 g/mol. The number of carbonyl (C=O) groups is 2. The van der Waals surface area contributed by atoms with Crippen LogP contribution in [0.3, 0.4) is 0 Å². The van der Waals surface area contributed by atoms with Gasteiger partial charge in [-0.15, -0.1) is 0 Å². The summed E-state index contributed by atoms with van der Waals surface area (Å²) < 4.78 is 0. The molecular formula is C23H22ClN3O2. The molecule has 29 heavy (non-hydrogen) atoms. The Balaban J connectivity index is 1.62. The Kier molecular flexibility index (Phi) is 7.00. The molecule has 3 aromatic carbocycles. The second kappa shape index (κ2) is 9.87. The van der Waals surface area contributed by atoms with Crippen molar-refractivity contribution >= 4 is 34.8 Å². The predicted octanol–water partition coefficient (Wildman–Crippen LogP) is 4.88. The summed E-state index contributed by atoms with van der Waals surface area (Å²) in [6.45, 7) is 2.02. The lowest BCUT2D eigenvalue weighted by Crippen LogP contribution is -2.30. The van der Waals surface area contributed by atoms with E-state index in [1.807, 2.05) is 49.4 Å². The van der Waals surface area contributed by atoms with Crippen molar-refractivity contribution < 1.29 is 9.59 Å². The van der Waals surface area contributed by atoms with E-state index in [-0.39, 0.29) is 24.4 Å². The molecule has 148 valence electrons. The number of hydrogen-bond acceptors (Lipinski definition) is 3. The highest BCUT2D eigenvalue weighted by molar-refractivity contribution is 6.31.